The lowest BCUT2D eigenvalue weighted by Gasteiger charge is -1.95. The van der Waals surface area contributed by atoms with E-state index in [1.807, 2.05) is 0 Å². The molecule has 3 nitrogen and oxygen atoms in total. The monoisotopic (exact) mass is 139 g/mol. The first kappa shape index (κ1) is 5.77. The van der Waals surface area contributed by atoms with Crippen molar-refractivity contribution in [2.24, 2.45) is 0 Å². The molecule has 0 atom stereocenters. The lowest BCUT2D eigenvalue weighted by molar-refractivity contribution is 0.798. The highest BCUT2D eigenvalue weighted by molar-refractivity contribution is 4.87. The number of aryl methyl sites for hydroxylation is 2. The summed E-state index contributed by atoms with van der Waals surface area (Å²) < 4.78 is 7.19. The minimum Gasteiger partial charge on any atom is -0.222 e. The van der Waals surface area contributed by atoms with E-state index in [2.05, 4.69) is 21.9 Å². The average molecular weight is 139 g/mol. The van der Waals surface area contributed by atoms with Gasteiger partial charge in [-0.1, -0.05) is 6.92 Å². The largest absolute Gasteiger partial charge is 0.222 e. The van der Waals surface area contributed by atoms with Crippen LogP contribution in [-0.4, -0.2) is 15.0 Å². The first-order valence-corrected chi connectivity index (χ1v) is 3.40. The van der Waals surface area contributed by atoms with Crippen molar-refractivity contribution >= 4 is 0 Å². The van der Waals surface area contributed by atoms with Crippen LogP contribution < -0.4 is 0 Å². The van der Waals surface area contributed by atoms with Gasteiger partial charge < -0.3 is 0 Å². The zero-order valence-electron chi connectivity index (χ0n) is 7.26. The van der Waals surface area contributed by atoms with Gasteiger partial charge in [0.15, 0.2) is 0 Å². The van der Waals surface area contributed by atoms with E-state index in [0.29, 0.717) is 5.82 Å². The Morgan fingerprint density at radius 2 is 2.40 bits per heavy atom. The number of rotatable bonds is 2. The number of hydrogen-bond acceptors (Lipinski definition) is 3. The van der Waals surface area contributed by atoms with Gasteiger partial charge in [0, 0.05) is 6.42 Å². The van der Waals surface area contributed by atoms with Crippen LogP contribution in [-0.2, 0) is 6.42 Å². The fraction of sp³-hybridized carbons (Fsp3) is 0.571. The van der Waals surface area contributed by atoms with Crippen molar-refractivity contribution < 1.29 is 1.37 Å². The molecule has 0 amide bonds. The molecule has 0 aliphatic rings. The van der Waals surface area contributed by atoms with Crippen molar-refractivity contribution in [2.75, 3.05) is 0 Å². The molecule has 3 heteroatoms. The lowest BCUT2D eigenvalue weighted by Crippen LogP contribution is -1.97. The van der Waals surface area contributed by atoms with Gasteiger partial charge in [0.2, 0.25) is 0 Å². The summed E-state index contributed by atoms with van der Waals surface area (Å²) in [5.74, 6) is 1.36. The molecule has 0 unspecified atom stereocenters. The van der Waals surface area contributed by atoms with Gasteiger partial charge in [-0.15, -0.1) is 0 Å². The molecule has 0 saturated heterocycles. The molecule has 0 spiro atoms. The van der Waals surface area contributed by atoms with E-state index in [9.17, 15) is 0 Å². The Morgan fingerprint density at radius 3 is 3.00 bits per heavy atom. The van der Waals surface area contributed by atoms with Gasteiger partial charge in [-0.2, -0.15) is 0 Å². The summed E-state index contributed by atoms with van der Waals surface area (Å²) in [4.78, 5) is 11.7. The lowest BCUT2D eigenvalue weighted by atomic mass is 10.3. The van der Waals surface area contributed by atoms with Gasteiger partial charge in [-0.3, -0.25) is 0 Å². The van der Waals surface area contributed by atoms with Gasteiger partial charge in [0.25, 0.3) is 0 Å². The summed E-state index contributed by atoms with van der Waals surface area (Å²) >= 11 is 0. The van der Waals surface area contributed by atoms with E-state index in [1.54, 1.807) is 6.92 Å². The molecule has 0 fully saturated rings. The highest BCUT2D eigenvalue weighted by Gasteiger charge is 1.93. The molecule has 0 saturated carbocycles. The number of nitrogens with zero attached hydrogens (tertiary/aromatic N) is 3. The van der Waals surface area contributed by atoms with E-state index >= 15 is 0 Å². The first-order valence-electron chi connectivity index (χ1n) is 3.90. The second kappa shape index (κ2) is 3.25. The van der Waals surface area contributed by atoms with Gasteiger partial charge in [-0.05, 0) is 13.3 Å². The third-order valence-corrected chi connectivity index (χ3v) is 1.16. The SMILES string of the molecule is [3H]c1nc(C)nc(CCC)n1. The molecule has 0 aliphatic heterocycles. The molecule has 0 N–H and O–H groups in total. The third-order valence-electron chi connectivity index (χ3n) is 1.16. The van der Waals surface area contributed by atoms with Gasteiger partial charge in [0.05, 0.1) is 0 Å². The van der Waals surface area contributed by atoms with Crippen LogP contribution in [0, 0.1) is 6.92 Å². The van der Waals surface area contributed by atoms with Crippen molar-refractivity contribution in [1.82, 2.24) is 15.0 Å². The molecular weight excluding hydrogens is 126 g/mol. The maximum Gasteiger partial charge on any atom is 0.132 e. The standard InChI is InChI=1S/C7H11N3/c1-3-4-7-9-5-8-6(2)10-7/h5H,3-4H2,1-2H3/i5T. The summed E-state index contributed by atoms with van der Waals surface area (Å²) in [6, 6.07) is 0. The van der Waals surface area contributed by atoms with Gasteiger partial charge in [-0.25, -0.2) is 15.0 Å². The quantitative estimate of drug-likeness (QED) is 0.616. The van der Waals surface area contributed by atoms with E-state index in [4.69, 9.17) is 1.37 Å². The van der Waals surface area contributed by atoms with Crippen molar-refractivity contribution in [3.8, 4) is 0 Å². The van der Waals surface area contributed by atoms with Crippen molar-refractivity contribution in [1.29, 1.82) is 0 Å². The molecule has 54 valence electrons. The smallest absolute Gasteiger partial charge is 0.132 e. The second-order valence-electron chi connectivity index (χ2n) is 2.15. The molecule has 0 radical (unpaired) electrons. The van der Waals surface area contributed by atoms with Crippen molar-refractivity contribution in [2.45, 2.75) is 26.7 Å². The summed E-state index contributed by atoms with van der Waals surface area (Å²) in [5.41, 5.74) is 0. The molecule has 0 aromatic carbocycles. The van der Waals surface area contributed by atoms with Gasteiger partial charge in [0.1, 0.15) is 19.3 Å². The zero-order valence-corrected chi connectivity index (χ0v) is 6.26. The Labute approximate surface area is 62.0 Å². The van der Waals surface area contributed by atoms with Crippen molar-refractivity contribution in [3.63, 3.8) is 0 Å². The van der Waals surface area contributed by atoms with Crippen molar-refractivity contribution in [3.05, 3.63) is 18.0 Å². The topological polar surface area (TPSA) is 38.7 Å². The molecule has 10 heavy (non-hydrogen) atoms. The average Bonchev–Trinajstić information content (AvgIpc) is 1.85. The number of hydrogen-bond donors (Lipinski definition) is 0. The zero-order chi connectivity index (χ0) is 8.27. The summed E-state index contributed by atoms with van der Waals surface area (Å²) in [5, 5.41) is 0. The van der Waals surface area contributed by atoms with Gasteiger partial charge >= 0.3 is 0 Å². The van der Waals surface area contributed by atoms with Crippen LogP contribution in [0.4, 0.5) is 0 Å². The molecular formula is C7H11N3. The van der Waals surface area contributed by atoms with Crippen LogP contribution in [0.15, 0.2) is 6.30 Å². The Bertz CT molecular complexity index is 229. The highest BCUT2D eigenvalue weighted by atomic mass is 15.0. The predicted molar refractivity (Wildman–Crippen MR) is 38.6 cm³/mol. The molecule has 1 heterocycles. The minimum absolute atomic E-state index is 0.0703. The van der Waals surface area contributed by atoms with E-state index < -0.39 is 0 Å². The summed E-state index contributed by atoms with van der Waals surface area (Å²) in [6.07, 6.45) is 1.90. The fourth-order valence-corrected chi connectivity index (χ4v) is 0.727. The van der Waals surface area contributed by atoms with Crippen LogP contribution in [0.25, 0.3) is 0 Å². The molecule has 0 bridgehead atoms. The van der Waals surface area contributed by atoms with Crippen LogP contribution in [0.3, 0.4) is 0 Å². The maximum absolute atomic E-state index is 7.19. The first-order chi connectivity index (χ1) is 5.22. The second-order valence-corrected chi connectivity index (χ2v) is 2.15. The Morgan fingerprint density at radius 1 is 1.60 bits per heavy atom. The Balaban J connectivity index is 2.89. The molecule has 1 rings (SSSR count). The highest BCUT2D eigenvalue weighted by Crippen LogP contribution is 1.93. The Hall–Kier alpha value is -0.990. The molecule has 0 aliphatic carbocycles. The number of aromatic nitrogens is 3. The summed E-state index contributed by atoms with van der Waals surface area (Å²) in [7, 11) is 0. The van der Waals surface area contributed by atoms with Crippen LogP contribution in [0.5, 0.6) is 0 Å². The van der Waals surface area contributed by atoms with Crippen LogP contribution >= 0.6 is 0 Å². The molecule has 1 aromatic rings. The fourth-order valence-electron chi connectivity index (χ4n) is 0.727. The third kappa shape index (κ3) is 1.76. The normalized spacial score (nSPS) is 11.2. The Kier molecular flexibility index (Phi) is 1.87. The van der Waals surface area contributed by atoms with E-state index in [-0.39, 0.29) is 6.30 Å². The minimum atomic E-state index is 0.0703. The van der Waals surface area contributed by atoms with E-state index in [1.165, 1.54) is 0 Å². The van der Waals surface area contributed by atoms with Crippen LogP contribution in [0.2, 0.25) is 0 Å². The van der Waals surface area contributed by atoms with E-state index in [0.717, 1.165) is 18.7 Å². The molecule has 1 aromatic heterocycles. The van der Waals surface area contributed by atoms with Crippen LogP contribution in [0.1, 0.15) is 26.4 Å². The predicted octanol–water partition coefficient (Wildman–Crippen LogP) is 1.13. The maximum atomic E-state index is 7.19. The summed E-state index contributed by atoms with van der Waals surface area (Å²) in [6.45, 7) is 3.83.